The molecule has 1 rings (SSSR count). The van der Waals surface area contributed by atoms with Gasteiger partial charge in [0, 0.05) is 5.56 Å². The van der Waals surface area contributed by atoms with Crippen molar-refractivity contribution in [3.63, 3.8) is 0 Å². The van der Waals surface area contributed by atoms with Gasteiger partial charge in [-0.05, 0) is 13.0 Å². The normalized spacial score (nSPS) is 10.2. The Labute approximate surface area is 107 Å². The average molecular weight is 275 g/mol. The van der Waals surface area contributed by atoms with Crippen molar-refractivity contribution in [2.24, 2.45) is 0 Å². The van der Waals surface area contributed by atoms with Crippen molar-refractivity contribution in [2.75, 3.05) is 6.61 Å². The molecule has 0 fully saturated rings. The molecule has 0 spiro atoms. The summed E-state index contributed by atoms with van der Waals surface area (Å²) in [6, 6.07) is 2.55. The van der Waals surface area contributed by atoms with Gasteiger partial charge in [-0.3, -0.25) is 0 Å². The number of rotatable bonds is 4. The van der Waals surface area contributed by atoms with Crippen molar-refractivity contribution in [1.29, 1.82) is 5.26 Å². The van der Waals surface area contributed by atoms with Gasteiger partial charge in [0.25, 0.3) is 6.43 Å². The molecular formula is C11H9ClF2N2O2. The number of hydrogen-bond acceptors (Lipinski definition) is 4. The van der Waals surface area contributed by atoms with Gasteiger partial charge >= 0.3 is 5.97 Å². The topological polar surface area (TPSA) is 63.0 Å². The summed E-state index contributed by atoms with van der Waals surface area (Å²) in [4.78, 5) is 15.1. The van der Waals surface area contributed by atoms with Gasteiger partial charge in [-0.1, -0.05) is 0 Å². The third kappa shape index (κ3) is 2.93. The zero-order chi connectivity index (χ0) is 13.7. The van der Waals surface area contributed by atoms with E-state index in [9.17, 15) is 13.6 Å². The number of hydrogen-bond donors (Lipinski definition) is 0. The fourth-order valence-corrected chi connectivity index (χ4v) is 1.59. The molecule has 96 valence electrons. The molecule has 7 heteroatoms. The van der Waals surface area contributed by atoms with E-state index < -0.39 is 18.1 Å². The van der Waals surface area contributed by atoms with E-state index in [-0.39, 0.29) is 29.3 Å². The zero-order valence-electron chi connectivity index (χ0n) is 9.41. The zero-order valence-corrected chi connectivity index (χ0v) is 10.2. The van der Waals surface area contributed by atoms with Crippen LogP contribution in [-0.2, 0) is 10.6 Å². The minimum absolute atomic E-state index is 0.0920. The summed E-state index contributed by atoms with van der Waals surface area (Å²) in [6.45, 7) is 1.67. The van der Waals surface area contributed by atoms with Gasteiger partial charge in [0.15, 0.2) is 0 Å². The Morgan fingerprint density at radius 3 is 2.78 bits per heavy atom. The van der Waals surface area contributed by atoms with Crippen LogP contribution >= 0.6 is 11.6 Å². The van der Waals surface area contributed by atoms with Crippen LogP contribution in [0.3, 0.4) is 0 Å². The third-order valence-corrected chi connectivity index (χ3v) is 2.37. The van der Waals surface area contributed by atoms with Crippen molar-refractivity contribution in [1.82, 2.24) is 4.98 Å². The number of nitrogens with zero attached hydrogens (tertiary/aromatic N) is 2. The van der Waals surface area contributed by atoms with Gasteiger partial charge < -0.3 is 4.74 Å². The highest BCUT2D eigenvalue weighted by molar-refractivity contribution is 6.17. The number of carbonyl (C=O) groups excluding carboxylic acids is 1. The fourth-order valence-electron chi connectivity index (χ4n) is 1.32. The maximum atomic E-state index is 12.6. The second-order valence-corrected chi connectivity index (χ2v) is 3.46. The van der Waals surface area contributed by atoms with Gasteiger partial charge in [0.05, 0.1) is 18.1 Å². The molecular weight excluding hydrogens is 266 g/mol. The molecule has 0 N–H and O–H groups in total. The smallest absolute Gasteiger partial charge is 0.338 e. The minimum Gasteiger partial charge on any atom is -0.462 e. The summed E-state index contributed by atoms with van der Waals surface area (Å²) in [5, 5.41) is 8.82. The average Bonchev–Trinajstić information content (AvgIpc) is 2.37. The van der Waals surface area contributed by atoms with Crippen LogP contribution in [0.4, 0.5) is 8.78 Å². The molecule has 0 aliphatic carbocycles. The maximum Gasteiger partial charge on any atom is 0.338 e. The second kappa shape index (κ2) is 6.26. The first-order valence-electron chi connectivity index (χ1n) is 5.00. The molecule has 1 heterocycles. The highest BCUT2D eigenvalue weighted by Gasteiger charge is 2.21. The van der Waals surface area contributed by atoms with Gasteiger partial charge in [-0.2, -0.15) is 5.26 Å². The van der Waals surface area contributed by atoms with E-state index in [0.29, 0.717) is 0 Å². The molecule has 18 heavy (non-hydrogen) atoms. The van der Waals surface area contributed by atoms with Crippen molar-refractivity contribution in [2.45, 2.75) is 19.2 Å². The molecule has 1 aromatic heterocycles. The number of carbonyl (C=O) groups is 1. The number of halogens is 3. The van der Waals surface area contributed by atoms with E-state index >= 15 is 0 Å². The SMILES string of the molecule is CCOC(=O)c1cc(C(F)F)nc(C#N)c1CCl. The summed E-state index contributed by atoms with van der Waals surface area (Å²) in [5.41, 5.74) is -0.981. The van der Waals surface area contributed by atoms with Gasteiger partial charge in [-0.25, -0.2) is 18.6 Å². The monoisotopic (exact) mass is 274 g/mol. The van der Waals surface area contributed by atoms with Crippen LogP contribution in [0.25, 0.3) is 0 Å². The largest absolute Gasteiger partial charge is 0.462 e. The molecule has 0 amide bonds. The van der Waals surface area contributed by atoms with Crippen LogP contribution in [0.15, 0.2) is 6.07 Å². The Kier molecular flexibility index (Phi) is 4.98. The molecule has 0 saturated carbocycles. The quantitative estimate of drug-likeness (QED) is 0.625. The first kappa shape index (κ1) is 14.3. The highest BCUT2D eigenvalue weighted by Crippen LogP contribution is 2.23. The maximum absolute atomic E-state index is 12.6. The lowest BCUT2D eigenvalue weighted by Gasteiger charge is -2.10. The molecule has 0 aromatic carbocycles. The summed E-state index contributed by atoms with van der Waals surface area (Å²) in [5.74, 6) is -0.984. The fraction of sp³-hybridized carbons (Fsp3) is 0.364. The summed E-state index contributed by atoms with van der Waals surface area (Å²) < 4.78 is 29.9. The van der Waals surface area contributed by atoms with Crippen LogP contribution < -0.4 is 0 Å². The molecule has 4 nitrogen and oxygen atoms in total. The lowest BCUT2D eigenvalue weighted by atomic mass is 10.1. The van der Waals surface area contributed by atoms with E-state index in [2.05, 4.69) is 4.98 Å². The standard InChI is InChI=1S/C11H9ClF2N2O2/c1-2-18-11(17)6-3-8(10(13)14)16-9(5-15)7(6)4-12/h3,10H,2,4H2,1H3. The lowest BCUT2D eigenvalue weighted by molar-refractivity contribution is 0.0524. The Bertz CT molecular complexity index is 501. The molecule has 0 bridgehead atoms. The molecule has 0 atom stereocenters. The predicted molar refractivity (Wildman–Crippen MR) is 59.4 cm³/mol. The van der Waals surface area contributed by atoms with E-state index in [4.69, 9.17) is 21.6 Å². The van der Waals surface area contributed by atoms with Crippen LogP contribution in [0.5, 0.6) is 0 Å². The number of aromatic nitrogens is 1. The van der Waals surface area contributed by atoms with Crippen molar-refractivity contribution < 1.29 is 18.3 Å². The van der Waals surface area contributed by atoms with Gasteiger partial charge in [0.2, 0.25) is 0 Å². The first-order valence-corrected chi connectivity index (χ1v) is 5.53. The molecule has 0 aliphatic rings. The van der Waals surface area contributed by atoms with Crippen molar-refractivity contribution >= 4 is 17.6 Å². The van der Waals surface area contributed by atoms with E-state index in [1.165, 1.54) is 0 Å². The summed E-state index contributed by atoms with van der Waals surface area (Å²) >= 11 is 5.61. The Morgan fingerprint density at radius 1 is 1.67 bits per heavy atom. The Balaban J connectivity index is 3.41. The number of alkyl halides is 3. The van der Waals surface area contributed by atoms with Crippen molar-refractivity contribution in [3.8, 4) is 6.07 Å². The van der Waals surface area contributed by atoms with Crippen LogP contribution in [-0.4, -0.2) is 17.6 Å². The van der Waals surface area contributed by atoms with E-state index in [1.54, 1.807) is 13.0 Å². The number of ether oxygens (including phenoxy) is 1. The predicted octanol–water partition coefficient (Wildman–Crippen LogP) is 2.81. The van der Waals surface area contributed by atoms with E-state index in [1.807, 2.05) is 0 Å². The molecule has 0 saturated heterocycles. The second-order valence-electron chi connectivity index (χ2n) is 3.19. The third-order valence-electron chi connectivity index (χ3n) is 2.10. The van der Waals surface area contributed by atoms with Crippen LogP contribution in [0.1, 0.15) is 40.7 Å². The molecule has 1 aromatic rings. The highest BCUT2D eigenvalue weighted by atomic mass is 35.5. The van der Waals surface area contributed by atoms with Gasteiger partial charge in [0.1, 0.15) is 17.5 Å². The van der Waals surface area contributed by atoms with Crippen molar-refractivity contribution in [3.05, 3.63) is 28.6 Å². The lowest BCUT2D eigenvalue weighted by Crippen LogP contribution is -2.12. The number of pyridine rings is 1. The summed E-state index contributed by atoms with van der Waals surface area (Å²) in [7, 11) is 0. The number of nitriles is 1. The van der Waals surface area contributed by atoms with Gasteiger partial charge in [-0.15, -0.1) is 11.6 Å². The number of esters is 1. The minimum atomic E-state index is -2.88. The Morgan fingerprint density at radius 2 is 2.33 bits per heavy atom. The molecule has 0 unspecified atom stereocenters. The Hall–Kier alpha value is -1.74. The molecule has 0 aliphatic heterocycles. The molecule has 0 radical (unpaired) electrons. The summed E-state index contributed by atoms with van der Waals surface area (Å²) in [6.07, 6.45) is -2.88. The van der Waals surface area contributed by atoms with E-state index in [0.717, 1.165) is 6.07 Å². The van der Waals surface area contributed by atoms with Crippen LogP contribution in [0.2, 0.25) is 0 Å². The first-order chi connectivity index (χ1) is 8.54. The van der Waals surface area contributed by atoms with Crippen LogP contribution in [0, 0.1) is 11.3 Å².